The van der Waals surface area contributed by atoms with Gasteiger partial charge in [0.05, 0.1) is 30.3 Å². The van der Waals surface area contributed by atoms with E-state index >= 15 is 0 Å². The molecule has 2 saturated heterocycles. The lowest BCUT2D eigenvalue weighted by Gasteiger charge is -2.70. The van der Waals surface area contributed by atoms with Gasteiger partial charge in [-0.15, -0.1) is 0 Å². The molecule has 6 N–H and O–H groups in total. The van der Waals surface area contributed by atoms with Gasteiger partial charge in [0, 0.05) is 12.3 Å². The van der Waals surface area contributed by atoms with Crippen LogP contribution in [0.2, 0.25) is 0 Å². The summed E-state index contributed by atoms with van der Waals surface area (Å²) in [7, 11) is 0. The van der Waals surface area contributed by atoms with Gasteiger partial charge in [-0.25, -0.2) is 4.79 Å². The van der Waals surface area contributed by atoms with Gasteiger partial charge >= 0.3 is 11.9 Å². The summed E-state index contributed by atoms with van der Waals surface area (Å²) in [5.41, 5.74) is -1.28. The summed E-state index contributed by atoms with van der Waals surface area (Å²) in [5, 5.41) is 63.7. The molecular formula is C46H70O14. The highest BCUT2D eigenvalue weighted by Gasteiger charge is 2.70. The zero-order valence-corrected chi connectivity index (χ0v) is 36.5. The van der Waals surface area contributed by atoms with E-state index in [1.54, 1.807) is 0 Å². The number of allylic oxidation sites excluding steroid dienone is 2. The fourth-order valence-electron chi connectivity index (χ4n) is 14.2. The van der Waals surface area contributed by atoms with Crippen LogP contribution in [0, 0.1) is 50.2 Å². The Balaban J connectivity index is 1.04. The number of hydrogen-bond acceptors (Lipinski definition) is 12. The number of aliphatic hydroxyl groups excluding tert-OH is 4. The highest BCUT2D eigenvalue weighted by Crippen LogP contribution is 2.75. The molecule has 7 fully saturated rings. The molecule has 7 unspecified atom stereocenters. The average Bonchev–Trinajstić information content (AvgIpc) is 3.15. The molecule has 5 saturated carbocycles. The third-order valence-corrected chi connectivity index (χ3v) is 18.5. The predicted octanol–water partition coefficient (Wildman–Crippen LogP) is 4.76. The smallest absolute Gasteiger partial charge is 0.335 e. The first-order chi connectivity index (χ1) is 28.0. The Morgan fingerprint density at radius 3 is 2.15 bits per heavy atom. The average molecular weight is 847 g/mol. The van der Waals surface area contributed by atoms with Gasteiger partial charge in [-0.1, -0.05) is 47.1 Å². The SMILES string of the molecule is CC1(C)C2CC[C@]3(C)C(C(=O)C=C4[C@@H]5C[C@@](C)(C(=O)O)CC[C@]5(C)CC[C@]43C)[C@@]2(C)CC[C@@H]1O[C@@H]1OC(C(=O)O)[C@@H](O)CC1O[C@@H]1OC(CO)[C@@H](OC2CCC2)C(O)C1O. The topological polar surface area (TPSA) is 219 Å². The molecule has 8 aliphatic rings. The van der Waals surface area contributed by atoms with Crippen molar-refractivity contribution in [2.24, 2.45) is 50.2 Å². The van der Waals surface area contributed by atoms with Crippen molar-refractivity contribution in [1.29, 1.82) is 0 Å². The number of rotatable bonds is 9. The molecular weight excluding hydrogens is 776 g/mol. The summed E-state index contributed by atoms with van der Waals surface area (Å²) in [5.74, 6) is -2.20. The number of hydrogen-bond donors (Lipinski definition) is 6. The van der Waals surface area contributed by atoms with Gasteiger partial charge in [-0.3, -0.25) is 9.59 Å². The van der Waals surface area contributed by atoms with Crippen molar-refractivity contribution < 1.29 is 68.7 Å². The summed E-state index contributed by atoms with van der Waals surface area (Å²) in [6.45, 7) is 14.9. The summed E-state index contributed by atoms with van der Waals surface area (Å²) < 4.78 is 31.0. The molecule has 0 aromatic heterocycles. The molecule has 14 nitrogen and oxygen atoms in total. The van der Waals surface area contributed by atoms with Crippen LogP contribution in [0.3, 0.4) is 0 Å². The third-order valence-electron chi connectivity index (χ3n) is 18.5. The molecule has 0 aromatic rings. The Morgan fingerprint density at radius 2 is 1.52 bits per heavy atom. The number of carboxylic acid groups (broad SMARTS) is 2. The second-order valence-electron chi connectivity index (χ2n) is 22.1. The van der Waals surface area contributed by atoms with Crippen LogP contribution in [0.25, 0.3) is 0 Å². The molecule has 0 radical (unpaired) electrons. The van der Waals surface area contributed by atoms with E-state index in [0.29, 0.717) is 25.7 Å². The minimum absolute atomic E-state index is 0.0257. The normalized spacial score (nSPS) is 51.5. The van der Waals surface area contributed by atoms with E-state index in [1.165, 1.54) is 0 Å². The van der Waals surface area contributed by atoms with Crippen LogP contribution in [-0.4, -0.2) is 122 Å². The minimum Gasteiger partial charge on any atom is -0.481 e. The van der Waals surface area contributed by atoms with Gasteiger partial charge in [0.1, 0.15) is 30.5 Å². The van der Waals surface area contributed by atoms with E-state index in [4.69, 9.17) is 23.7 Å². The highest BCUT2D eigenvalue weighted by molar-refractivity contribution is 5.95. The summed E-state index contributed by atoms with van der Waals surface area (Å²) in [6, 6.07) is 0. The Morgan fingerprint density at radius 1 is 0.817 bits per heavy atom. The van der Waals surface area contributed by atoms with E-state index in [9.17, 15) is 45.0 Å². The molecule has 14 heteroatoms. The number of aliphatic carboxylic acids is 2. The minimum atomic E-state index is -1.60. The molecule has 0 aromatic carbocycles. The van der Waals surface area contributed by atoms with E-state index in [-0.39, 0.29) is 52.3 Å². The largest absolute Gasteiger partial charge is 0.481 e. The molecule has 0 bridgehead atoms. The maximum atomic E-state index is 14.9. The molecule has 2 heterocycles. The number of fused-ring (bicyclic) bond motifs is 7. The standard InChI is InChI=1S/C46H70O14/c1-41(2)30-11-14-46(7)36(27(49)19-24-25-21-43(4,40(54)55)16-15-42(25,3)17-18-45(24,46)6)44(30,5)13-12-31(41)59-38-28(20-26(48)34(60-38)37(52)53)57-39-33(51)32(50)35(29(22-47)58-39)56-23-9-8-10-23/h19,23,25-26,28-36,38-39,47-48,50-51H,8-18,20-22H2,1-7H3,(H,52,53)(H,54,55)/t25-,26-,28?,29?,30?,31-,32?,33?,34?,35+,36?,38+,39+,42+,43-,44-,45+,46+/m0/s1. The van der Waals surface area contributed by atoms with Crippen molar-refractivity contribution in [1.82, 2.24) is 0 Å². The maximum absolute atomic E-state index is 14.9. The van der Waals surface area contributed by atoms with Crippen LogP contribution in [0.15, 0.2) is 11.6 Å². The first-order valence-electron chi connectivity index (χ1n) is 22.7. The highest BCUT2D eigenvalue weighted by atomic mass is 16.8. The van der Waals surface area contributed by atoms with Gasteiger partial charge in [0.25, 0.3) is 0 Å². The van der Waals surface area contributed by atoms with Gasteiger partial charge in [0.15, 0.2) is 24.5 Å². The maximum Gasteiger partial charge on any atom is 0.335 e. The van der Waals surface area contributed by atoms with Gasteiger partial charge in [-0.05, 0) is 129 Å². The zero-order valence-electron chi connectivity index (χ0n) is 36.5. The van der Waals surface area contributed by atoms with Crippen molar-refractivity contribution in [2.75, 3.05) is 6.61 Å². The second-order valence-corrected chi connectivity index (χ2v) is 22.1. The van der Waals surface area contributed by atoms with Gasteiger partial charge < -0.3 is 54.3 Å². The number of carboxylic acids is 2. The molecule has 0 spiro atoms. The first kappa shape index (κ1) is 44.6. The zero-order chi connectivity index (χ0) is 43.5. The molecule has 2 aliphatic heterocycles. The lowest BCUT2D eigenvalue weighted by molar-refractivity contribution is -0.363. The van der Waals surface area contributed by atoms with Crippen LogP contribution in [0.5, 0.6) is 0 Å². The molecule has 0 amide bonds. The molecule has 60 heavy (non-hydrogen) atoms. The Bertz CT molecular complexity index is 1730. The van der Waals surface area contributed by atoms with Gasteiger partial charge in [-0.2, -0.15) is 0 Å². The van der Waals surface area contributed by atoms with Crippen molar-refractivity contribution in [3.05, 3.63) is 11.6 Å². The van der Waals surface area contributed by atoms with Gasteiger partial charge in [0.2, 0.25) is 0 Å². The van der Waals surface area contributed by atoms with E-state index < -0.39 is 96.2 Å². The van der Waals surface area contributed by atoms with E-state index in [2.05, 4.69) is 41.5 Å². The fourth-order valence-corrected chi connectivity index (χ4v) is 14.2. The fraction of sp³-hybridized carbons (Fsp3) is 0.891. The number of ketones is 1. The van der Waals surface area contributed by atoms with E-state index in [0.717, 1.165) is 56.9 Å². The molecule has 8 rings (SSSR count). The Labute approximate surface area is 353 Å². The van der Waals surface area contributed by atoms with E-state index in [1.807, 2.05) is 13.0 Å². The van der Waals surface area contributed by atoms with Crippen LogP contribution in [0.4, 0.5) is 0 Å². The van der Waals surface area contributed by atoms with Crippen LogP contribution in [-0.2, 0) is 38.1 Å². The van der Waals surface area contributed by atoms with Crippen LogP contribution >= 0.6 is 0 Å². The van der Waals surface area contributed by atoms with Crippen molar-refractivity contribution in [3.8, 4) is 0 Å². The van der Waals surface area contributed by atoms with Crippen molar-refractivity contribution >= 4 is 17.7 Å². The summed E-state index contributed by atoms with van der Waals surface area (Å²) >= 11 is 0. The number of ether oxygens (including phenoxy) is 5. The van der Waals surface area contributed by atoms with Crippen LogP contribution in [0.1, 0.15) is 132 Å². The third kappa shape index (κ3) is 6.78. The number of aliphatic hydroxyl groups is 4. The van der Waals surface area contributed by atoms with Crippen LogP contribution < -0.4 is 0 Å². The van der Waals surface area contributed by atoms with Crippen molar-refractivity contribution in [2.45, 2.75) is 199 Å². The Hall–Kier alpha value is -2.01. The quantitative estimate of drug-likeness (QED) is 0.173. The molecule has 6 aliphatic carbocycles. The number of carbonyl (C=O) groups excluding carboxylic acids is 1. The lowest BCUT2D eigenvalue weighted by atomic mass is 9.33. The summed E-state index contributed by atoms with van der Waals surface area (Å²) in [6.07, 6.45) is -1.47. The van der Waals surface area contributed by atoms with Crippen molar-refractivity contribution in [3.63, 3.8) is 0 Å². The molecule has 338 valence electrons. The number of carbonyl (C=O) groups is 3. The molecule has 18 atom stereocenters. The lowest BCUT2D eigenvalue weighted by Crippen LogP contribution is -2.67. The Kier molecular flexibility index (Phi) is 11.4. The monoisotopic (exact) mass is 846 g/mol. The second kappa shape index (κ2) is 15.3. The predicted molar refractivity (Wildman–Crippen MR) is 214 cm³/mol. The first-order valence-corrected chi connectivity index (χ1v) is 22.7. The summed E-state index contributed by atoms with van der Waals surface area (Å²) in [4.78, 5) is 39.7.